The van der Waals surface area contributed by atoms with Gasteiger partial charge in [-0.25, -0.2) is 0 Å². The van der Waals surface area contributed by atoms with Gasteiger partial charge in [-0.3, -0.25) is 0 Å². The largest absolute Gasteiger partial charge is 0.417 e. The van der Waals surface area contributed by atoms with E-state index in [9.17, 15) is 18.3 Å². The van der Waals surface area contributed by atoms with Crippen molar-refractivity contribution in [3.8, 4) is 6.07 Å². The van der Waals surface area contributed by atoms with E-state index in [1.807, 2.05) is 0 Å². The third-order valence-electron chi connectivity index (χ3n) is 3.47. The van der Waals surface area contributed by atoms with Gasteiger partial charge in [0, 0.05) is 5.69 Å². The van der Waals surface area contributed by atoms with Gasteiger partial charge in [0.15, 0.2) is 0 Å². The Morgan fingerprint density at radius 1 is 1.37 bits per heavy atom. The number of halogens is 3. The van der Waals surface area contributed by atoms with E-state index < -0.39 is 22.8 Å². The van der Waals surface area contributed by atoms with Gasteiger partial charge in [-0.05, 0) is 37.5 Å². The van der Waals surface area contributed by atoms with Crippen molar-refractivity contribution in [3.63, 3.8) is 0 Å². The number of nitriles is 1. The molecule has 2 N–H and O–H groups in total. The van der Waals surface area contributed by atoms with Crippen LogP contribution in [0.5, 0.6) is 0 Å². The van der Waals surface area contributed by atoms with E-state index in [2.05, 4.69) is 5.32 Å². The molecule has 1 saturated carbocycles. The van der Waals surface area contributed by atoms with Crippen molar-refractivity contribution in [1.29, 1.82) is 5.26 Å². The van der Waals surface area contributed by atoms with Gasteiger partial charge in [0.05, 0.1) is 29.3 Å². The number of aliphatic hydroxyl groups excluding tert-OH is 1. The number of benzene rings is 1. The van der Waals surface area contributed by atoms with Crippen LogP contribution in [0.2, 0.25) is 0 Å². The Hall–Kier alpha value is -1.74. The van der Waals surface area contributed by atoms with E-state index in [4.69, 9.17) is 5.26 Å². The van der Waals surface area contributed by atoms with Crippen LogP contribution >= 0.6 is 0 Å². The molecule has 1 aromatic carbocycles. The first kappa shape index (κ1) is 13.7. The number of rotatable bonds is 3. The van der Waals surface area contributed by atoms with Crippen LogP contribution in [0.4, 0.5) is 18.9 Å². The predicted molar refractivity (Wildman–Crippen MR) is 63.4 cm³/mol. The van der Waals surface area contributed by atoms with Crippen LogP contribution < -0.4 is 5.32 Å². The zero-order chi connectivity index (χ0) is 14.1. The third kappa shape index (κ3) is 2.66. The molecule has 0 aromatic heterocycles. The molecule has 1 fully saturated rings. The van der Waals surface area contributed by atoms with Crippen LogP contribution in [0.1, 0.15) is 30.4 Å². The highest BCUT2D eigenvalue weighted by Gasteiger charge is 2.37. The van der Waals surface area contributed by atoms with Gasteiger partial charge in [-0.15, -0.1) is 0 Å². The van der Waals surface area contributed by atoms with Crippen molar-refractivity contribution in [3.05, 3.63) is 29.3 Å². The summed E-state index contributed by atoms with van der Waals surface area (Å²) in [7, 11) is 0. The van der Waals surface area contributed by atoms with E-state index in [1.165, 1.54) is 12.1 Å². The molecule has 19 heavy (non-hydrogen) atoms. The number of hydrogen-bond donors (Lipinski definition) is 2. The molecule has 1 aliphatic carbocycles. The number of alkyl halides is 3. The molecule has 6 heteroatoms. The highest BCUT2D eigenvalue weighted by atomic mass is 19.4. The zero-order valence-corrected chi connectivity index (χ0v) is 10.1. The van der Waals surface area contributed by atoms with Gasteiger partial charge in [0.1, 0.15) is 0 Å². The first-order valence-corrected chi connectivity index (χ1v) is 5.91. The van der Waals surface area contributed by atoms with Crippen molar-refractivity contribution in [2.24, 2.45) is 0 Å². The minimum atomic E-state index is -4.53. The molecule has 0 bridgehead atoms. The fraction of sp³-hybridized carbons (Fsp3) is 0.462. The molecule has 0 atom stereocenters. The van der Waals surface area contributed by atoms with Crippen molar-refractivity contribution < 1.29 is 18.3 Å². The second-order valence-electron chi connectivity index (χ2n) is 4.79. The first-order valence-electron chi connectivity index (χ1n) is 5.91. The number of hydrogen-bond acceptors (Lipinski definition) is 3. The second kappa shape index (κ2) is 4.74. The molecule has 1 aromatic rings. The van der Waals surface area contributed by atoms with Crippen molar-refractivity contribution in [2.75, 3.05) is 11.9 Å². The minimum absolute atomic E-state index is 0.0735. The summed E-state index contributed by atoms with van der Waals surface area (Å²) in [6.07, 6.45) is -2.02. The number of nitrogens with zero attached hydrogens (tertiary/aromatic N) is 1. The van der Waals surface area contributed by atoms with E-state index in [0.29, 0.717) is 5.69 Å². The predicted octanol–water partition coefficient (Wildman–Crippen LogP) is 2.90. The fourth-order valence-electron chi connectivity index (χ4n) is 2.19. The molecule has 0 radical (unpaired) electrons. The van der Waals surface area contributed by atoms with Crippen LogP contribution in [0, 0.1) is 11.3 Å². The Morgan fingerprint density at radius 3 is 2.47 bits per heavy atom. The molecule has 1 aliphatic rings. The number of anilines is 1. The van der Waals surface area contributed by atoms with Crippen LogP contribution in [-0.4, -0.2) is 17.3 Å². The quantitative estimate of drug-likeness (QED) is 0.888. The van der Waals surface area contributed by atoms with Crippen LogP contribution in [0.15, 0.2) is 18.2 Å². The summed E-state index contributed by atoms with van der Waals surface area (Å²) in [5.41, 5.74) is -1.37. The van der Waals surface area contributed by atoms with Gasteiger partial charge in [0.2, 0.25) is 0 Å². The molecule has 0 saturated heterocycles. The molecule has 0 spiro atoms. The fourth-order valence-corrected chi connectivity index (χ4v) is 2.19. The molecular formula is C13H13F3N2O. The molecule has 2 rings (SSSR count). The molecule has 0 heterocycles. The van der Waals surface area contributed by atoms with Gasteiger partial charge >= 0.3 is 6.18 Å². The maximum Gasteiger partial charge on any atom is 0.417 e. The summed E-state index contributed by atoms with van der Waals surface area (Å²) in [5, 5.41) is 21.1. The molecule has 0 aliphatic heterocycles. The topological polar surface area (TPSA) is 56.0 Å². The maximum atomic E-state index is 12.6. The Bertz CT molecular complexity index is 510. The Kier molecular flexibility index (Phi) is 3.42. The minimum Gasteiger partial charge on any atom is -0.394 e. The smallest absolute Gasteiger partial charge is 0.394 e. The number of nitrogens with one attached hydrogen (secondary N) is 1. The van der Waals surface area contributed by atoms with Gasteiger partial charge in [-0.2, -0.15) is 18.4 Å². The summed E-state index contributed by atoms with van der Waals surface area (Å²) < 4.78 is 37.9. The summed E-state index contributed by atoms with van der Waals surface area (Å²) in [6.45, 7) is -0.0735. The van der Waals surface area contributed by atoms with E-state index >= 15 is 0 Å². The summed E-state index contributed by atoms with van der Waals surface area (Å²) in [6, 6.07) is 4.92. The van der Waals surface area contributed by atoms with E-state index in [0.717, 1.165) is 25.3 Å². The lowest BCUT2D eigenvalue weighted by Crippen LogP contribution is -2.48. The monoisotopic (exact) mass is 270 g/mol. The second-order valence-corrected chi connectivity index (χ2v) is 4.79. The zero-order valence-electron chi connectivity index (χ0n) is 10.1. The molecule has 3 nitrogen and oxygen atoms in total. The standard InChI is InChI=1S/C13H13F3N2O/c14-13(15,16)11-3-2-10(6-9(11)7-17)18-12(8-19)4-1-5-12/h2-3,6,18-19H,1,4-5,8H2. The Labute approximate surface area is 108 Å². The maximum absolute atomic E-state index is 12.6. The first-order chi connectivity index (χ1) is 8.90. The average molecular weight is 270 g/mol. The van der Waals surface area contributed by atoms with Crippen molar-refractivity contribution in [2.45, 2.75) is 31.0 Å². The Balaban J connectivity index is 2.28. The lowest BCUT2D eigenvalue weighted by atomic mass is 9.77. The highest BCUT2D eigenvalue weighted by molar-refractivity contribution is 5.55. The van der Waals surface area contributed by atoms with Crippen LogP contribution in [0.25, 0.3) is 0 Å². The molecule has 0 unspecified atom stereocenters. The highest BCUT2D eigenvalue weighted by Crippen LogP contribution is 2.37. The summed E-state index contributed by atoms with van der Waals surface area (Å²) in [5.74, 6) is 0. The lowest BCUT2D eigenvalue weighted by Gasteiger charge is -2.42. The summed E-state index contributed by atoms with van der Waals surface area (Å²) in [4.78, 5) is 0. The Morgan fingerprint density at radius 2 is 2.05 bits per heavy atom. The van der Waals surface area contributed by atoms with Crippen molar-refractivity contribution >= 4 is 5.69 Å². The van der Waals surface area contributed by atoms with Crippen LogP contribution in [-0.2, 0) is 6.18 Å². The third-order valence-corrected chi connectivity index (χ3v) is 3.47. The molecular weight excluding hydrogens is 257 g/mol. The normalized spacial score (nSPS) is 17.4. The number of aliphatic hydroxyl groups is 1. The van der Waals surface area contributed by atoms with Crippen molar-refractivity contribution in [1.82, 2.24) is 0 Å². The van der Waals surface area contributed by atoms with Gasteiger partial charge in [0.25, 0.3) is 0 Å². The molecule has 0 amide bonds. The van der Waals surface area contributed by atoms with E-state index in [1.54, 1.807) is 6.07 Å². The van der Waals surface area contributed by atoms with E-state index in [-0.39, 0.29) is 6.61 Å². The van der Waals surface area contributed by atoms with Gasteiger partial charge < -0.3 is 10.4 Å². The molecule has 102 valence electrons. The van der Waals surface area contributed by atoms with Crippen LogP contribution in [0.3, 0.4) is 0 Å². The SMILES string of the molecule is N#Cc1cc(NC2(CO)CCC2)ccc1C(F)(F)F. The average Bonchev–Trinajstić information content (AvgIpc) is 2.32. The lowest BCUT2D eigenvalue weighted by molar-refractivity contribution is -0.137. The van der Waals surface area contributed by atoms with Gasteiger partial charge in [-0.1, -0.05) is 0 Å². The summed E-state index contributed by atoms with van der Waals surface area (Å²) >= 11 is 0.